The molecule has 0 bridgehead atoms. The van der Waals surface area contributed by atoms with Gasteiger partial charge in [0.1, 0.15) is 0 Å². The maximum atomic E-state index is 11.8. The first-order valence-electron chi connectivity index (χ1n) is 5.66. The second kappa shape index (κ2) is 4.65. The van der Waals surface area contributed by atoms with Crippen molar-refractivity contribution < 1.29 is 9.63 Å². The normalized spacial score (nSPS) is 16.6. The minimum atomic E-state index is -0.212. The van der Waals surface area contributed by atoms with E-state index < -0.39 is 0 Å². The molecule has 0 unspecified atom stereocenters. The van der Waals surface area contributed by atoms with Crippen molar-refractivity contribution in [2.24, 2.45) is 0 Å². The fraction of sp³-hybridized carbons (Fsp3) is 0.636. The number of nitrogens with one attached hydrogen (secondary N) is 2. The largest absolute Gasteiger partial charge is 0.282 e. The predicted octanol–water partition coefficient (Wildman–Crippen LogP) is 1.63. The first-order chi connectivity index (χ1) is 7.68. The van der Waals surface area contributed by atoms with Crippen molar-refractivity contribution in [3.8, 4) is 0 Å². The van der Waals surface area contributed by atoms with Crippen LogP contribution in [0.1, 0.15) is 47.4 Å². The monoisotopic (exact) mass is 223 g/mol. The quantitative estimate of drug-likeness (QED) is 0.765. The van der Waals surface area contributed by atoms with Gasteiger partial charge in [0.25, 0.3) is 5.91 Å². The molecule has 5 heteroatoms. The van der Waals surface area contributed by atoms with Gasteiger partial charge in [-0.25, -0.2) is 5.48 Å². The third-order valence-corrected chi connectivity index (χ3v) is 2.98. The van der Waals surface area contributed by atoms with Gasteiger partial charge in [0, 0.05) is 5.69 Å². The SMILES string of the molecule is Cc1n[nH]c(C)c1C(=O)NOC1CCCC1. The van der Waals surface area contributed by atoms with Crippen LogP contribution in [0.4, 0.5) is 0 Å². The number of hydrogen-bond donors (Lipinski definition) is 2. The van der Waals surface area contributed by atoms with Crippen LogP contribution in [0.2, 0.25) is 0 Å². The Hall–Kier alpha value is -1.36. The van der Waals surface area contributed by atoms with Crippen LogP contribution in [0, 0.1) is 13.8 Å². The molecule has 1 fully saturated rings. The molecule has 1 heterocycles. The summed E-state index contributed by atoms with van der Waals surface area (Å²) in [5, 5.41) is 6.75. The molecule has 1 aromatic rings. The van der Waals surface area contributed by atoms with Gasteiger partial charge < -0.3 is 0 Å². The number of aromatic amines is 1. The highest BCUT2D eigenvalue weighted by atomic mass is 16.7. The zero-order chi connectivity index (χ0) is 11.5. The zero-order valence-electron chi connectivity index (χ0n) is 9.67. The summed E-state index contributed by atoms with van der Waals surface area (Å²) in [5.41, 5.74) is 4.56. The molecular formula is C11H17N3O2. The molecule has 88 valence electrons. The van der Waals surface area contributed by atoms with Crippen molar-refractivity contribution >= 4 is 5.91 Å². The molecule has 1 amide bonds. The topological polar surface area (TPSA) is 67.0 Å². The highest BCUT2D eigenvalue weighted by molar-refractivity contribution is 5.95. The van der Waals surface area contributed by atoms with E-state index in [4.69, 9.17) is 4.84 Å². The maximum Gasteiger partial charge on any atom is 0.278 e. The number of aryl methyl sites for hydroxylation is 2. The average Bonchev–Trinajstić information content (AvgIpc) is 2.86. The van der Waals surface area contributed by atoms with Gasteiger partial charge in [-0.2, -0.15) is 5.10 Å². The molecule has 2 N–H and O–H groups in total. The van der Waals surface area contributed by atoms with Crippen LogP contribution >= 0.6 is 0 Å². The van der Waals surface area contributed by atoms with Crippen molar-refractivity contribution in [1.29, 1.82) is 0 Å². The van der Waals surface area contributed by atoms with Crippen LogP contribution in [-0.2, 0) is 4.84 Å². The molecule has 1 saturated carbocycles. The molecular weight excluding hydrogens is 206 g/mol. The zero-order valence-corrected chi connectivity index (χ0v) is 9.67. The Labute approximate surface area is 94.5 Å². The predicted molar refractivity (Wildman–Crippen MR) is 58.9 cm³/mol. The Balaban J connectivity index is 1.92. The summed E-state index contributed by atoms with van der Waals surface area (Å²) in [6.45, 7) is 3.62. The van der Waals surface area contributed by atoms with E-state index in [-0.39, 0.29) is 12.0 Å². The van der Waals surface area contributed by atoms with E-state index >= 15 is 0 Å². The molecule has 1 aromatic heterocycles. The summed E-state index contributed by atoms with van der Waals surface area (Å²) in [5.74, 6) is -0.212. The lowest BCUT2D eigenvalue weighted by atomic mass is 10.2. The lowest BCUT2D eigenvalue weighted by Gasteiger charge is -2.11. The average molecular weight is 223 g/mol. The fourth-order valence-corrected chi connectivity index (χ4v) is 2.08. The third kappa shape index (κ3) is 2.24. The highest BCUT2D eigenvalue weighted by Crippen LogP contribution is 2.20. The van der Waals surface area contributed by atoms with Gasteiger partial charge >= 0.3 is 0 Å². The van der Waals surface area contributed by atoms with E-state index in [9.17, 15) is 4.79 Å². The minimum absolute atomic E-state index is 0.177. The molecule has 0 aliphatic heterocycles. The number of H-pyrrole nitrogens is 1. The van der Waals surface area contributed by atoms with Crippen LogP contribution in [0.5, 0.6) is 0 Å². The Morgan fingerprint density at radius 1 is 1.44 bits per heavy atom. The van der Waals surface area contributed by atoms with Crippen LogP contribution in [-0.4, -0.2) is 22.2 Å². The molecule has 16 heavy (non-hydrogen) atoms. The van der Waals surface area contributed by atoms with E-state index in [1.54, 1.807) is 6.92 Å². The summed E-state index contributed by atoms with van der Waals surface area (Å²) in [6.07, 6.45) is 4.61. The van der Waals surface area contributed by atoms with Crippen LogP contribution in [0.25, 0.3) is 0 Å². The summed E-state index contributed by atoms with van der Waals surface area (Å²) in [6, 6.07) is 0. The number of hydroxylamine groups is 1. The Bertz CT molecular complexity index is 361. The smallest absolute Gasteiger partial charge is 0.278 e. The van der Waals surface area contributed by atoms with Gasteiger partial charge in [0.15, 0.2) is 0 Å². The van der Waals surface area contributed by atoms with Crippen LogP contribution in [0.15, 0.2) is 0 Å². The molecule has 5 nitrogen and oxygen atoms in total. The van der Waals surface area contributed by atoms with E-state index in [0.29, 0.717) is 11.3 Å². The standard InChI is InChI=1S/C11H17N3O2/c1-7-10(8(2)13-12-7)11(15)14-16-9-5-3-4-6-9/h9H,3-6H2,1-2H3,(H,12,13)(H,14,15). The first kappa shape index (κ1) is 11.1. The van der Waals surface area contributed by atoms with Gasteiger partial charge in [-0.3, -0.25) is 14.7 Å². The number of amides is 1. The summed E-state index contributed by atoms with van der Waals surface area (Å²) in [4.78, 5) is 17.2. The maximum absolute atomic E-state index is 11.8. The van der Waals surface area contributed by atoms with Gasteiger partial charge in [-0.05, 0) is 26.7 Å². The molecule has 0 radical (unpaired) electrons. The number of nitrogens with zero attached hydrogens (tertiary/aromatic N) is 1. The van der Waals surface area contributed by atoms with Crippen molar-refractivity contribution in [3.05, 3.63) is 17.0 Å². The van der Waals surface area contributed by atoms with Gasteiger partial charge in [0.05, 0.1) is 17.4 Å². The van der Waals surface area contributed by atoms with Crippen molar-refractivity contribution in [2.45, 2.75) is 45.6 Å². The van der Waals surface area contributed by atoms with E-state index in [1.807, 2.05) is 6.92 Å². The lowest BCUT2D eigenvalue weighted by molar-refractivity contribution is -0.0125. The van der Waals surface area contributed by atoms with Crippen LogP contribution < -0.4 is 5.48 Å². The van der Waals surface area contributed by atoms with Gasteiger partial charge in [0.2, 0.25) is 0 Å². The van der Waals surface area contributed by atoms with Gasteiger partial charge in [-0.1, -0.05) is 12.8 Å². The summed E-state index contributed by atoms with van der Waals surface area (Å²) in [7, 11) is 0. The van der Waals surface area contributed by atoms with Crippen molar-refractivity contribution in [1.82, 2.24) is 15.7 Å². The Kier molecular flexibility index (Phi) is 3.24. The molecule has 1 aliphatic carbocycles. The molecule has 0 spiro atoms. The lowest BCUT2D eigenvalue weighted by Crippen LogP contribution is -2.29. The first-order valence-corrected chi connectivity index (χ1v) is 5.66. The van der Waals surface area contributed by atoms with E-state index in [0.717, 1.165) is 18.5 Å². The Morgan fingerprint density at radius 3 is 2.69 bits per heavy atom. The number of aromatic nitrogens is 2. The summed E-state index contributed by atoms with van der Waals surface area (Å²) >= 11 is 0. The van der Waals surface area contributed by atoms with Crippen molar-refractivity contribution in [3.63, 3.8) is 0 Å². The second-order valence-electron chi connectivity index (χ2n) is 4.26. The number of carbonyl (C=O) groups excluding carboxylic acids is 1. The molecule has 2 rings (SSSR count). The van der Waals surface area contributed by atoms with Crippen molar-refractivity contribution in [2.75, 3.05) is 0 Å². The molecule has 0 atom stereocenters. The number of hydrogen-bond acceptors (Lipinski definition) is 3. The molecule has 0 aromatic carbocycles. The van der Waals surface area contributed by atoms with Crippen LogP contribution in [0.3, 0.4) is 0 Å². The van der Waals surface area contributed by atoms with E-state index in [1.165, 1.54) is 12.8 Å². The fourth-order valence-electron chi connectivity index (χ4n) is 2.08. The second-order valence-corrected chi connectivity index (χ2v) is 4.26. The molecule has 0 saturated heterocycles. The molecule has 1 aliphatic rings. The number of carbonyl (C=O) groups is 1. The summed E-state index contributed by atoms with van der Waals surface area (Å²) < 4.78 is 0. The Morgan fingerprint density at radius 2 is 2.12 bits per heavy atom. The highest BCUT2D eigenvalue weighted by Gasteiger charge is 2.19. The van der Waals surface area contributed by atoms with Gasteiger partial charge in [-0.15, -0.1) is 0 Å². The van der Waals surface area contributed by atoms with E-state index in [2.05, 4.69) is 15.7 Å². The minimum Gasteiger partial charge on any atom is -0.282 e. The number of rotatable bonds is 3. The third-order valence-electron chi connectivity index (χ3n) is 2.98.